The normalized spacial score (nSPS) is 10.6. The highest BCUT2D eigenvalue weighted by atomic mass is 79.9. The van der Waals surface area contributed by atoms with E-state index in [1.165, 1.54) is 4.90 Å². The number of hydrogen-bond donors (Lipinski definition) is 1. The molecule has 112 valence electrons. The first-order chi connectivity index (χ1) is 10.2. The summed E-state index contributed by atoms with van der Waals surface area (Å²) in [5.74, 6) is 2.59. The lowest BCUT2D eigenvalue weighted by Crippen LogP contribution is -2.05. The summed E-state index contributed by atoms with van der Waals surface area (Å²) in [5, 5.41) is 3.29. The Morgan fingerprint density at radius 3 is 2.71 bits per heavy atom. The highest BCUT2D eigenvalue weighted by Crippen LogP contribution is 2.29. The third-order valence-corrected chi connectivity index (χ3v) is 4.91. The van der Waals surface area contributed by atoms with Crippen LogP contribution in [0.15, 0.2) is 39.7 Å². The minimum atomic E-state index is 0.776. The first-order valence-electron chi connectivity index (χ1n) is 7.21. The van der Waals surface area contributed by atoms with Crippen molar-refractivity contribution in [1.82, 2.24) is 9.97 Å². The molecule has 0 unspecified atom stereocenters. The molecule has 0 atom stereocenters. The van der Waals surface area contributed by atoms with Crippen LogP contribution in [0.4, 0.5) is 5.82 Å². The molecular formula is C16H20BrN3S. The fourth-order valence-corrected chi connectivity index (χ4v) is 3.40. The van der Waals surface area contributed by atoms with Gasteiger partial charge in [0.05, 0.1) is 5.75 Å². The topological polar surface area (TPSA) is 37.8 Å². The molecular weight excluding hydrogens is 346 g/mol. The maximum absolute atomic E-state index is 4.66. The van der Waals surface area contributed by atoms with Crippen molar-refractivity contribution >= 4 is 33.5 Å². The van der Waals surface area contributed by atoms with Crippen LogP contribution in [-0.4, -0.2) is 16.5 Å². The van der Waals surface area contributed by atoms with Gasteiger partial charge in [0.1, 0.15) is 11.6 Å². The lowest BCUT2D eigenvalue weighted by atomic mass is 10.2. The summed E-state index contributed by atoms with van der Waals surface area (Å²) >= 11 is 5.33. The van der Waals surface area contributed by atoms with Crippen molar-refractivity contribution in [2.45, 2.75) is 37.3 Å². The Labute approximate surface area is 139 Å². The van der Waals surface area contributed by atoms with Gasteiger partial charge in [-0.25, -0.2) is 9.97 Å². The third kappa shape index (κ3) is 5.00. The number of aromatic nitrogens is 2. The lowest BCUT2D eigenvalue weighted by Gasteiger charge is -2.09. The molecule has 0 saturated carbocycles. The van der Waals surface area contributed by atoms with Crippen molar-refractivity contribution in [3.05, 3.63) is 46.3 Å². The van der Waals surface area contributed by atoms with Gasteiger partial charge in [-0.05, 0) is 41.4 Å². The molecule has 0 saturated heterocycles. The van der Waals surface area contributed by atoms with Crippen LogP contribution in [0.1, 0.15) is 31.8 Å². The van der Waals surface area contributed by atoms with E-state index in [2.05, 4.69) is 63.3 Å². The van der Waals surface area contributed by atoms with E-state index in [4.69, 9.17) is 0 Å². The molecule has 5 heteroatoms. The van der Waals surface area contributed by atoms with E-state index < -0.39 is 0 Å². The monoisotopic (exact) mass is 365 g/mol. The Bertz CT molecular complexity index is 565. The number of aryl methyl sites for hydroxylation is 1. The predicted octanol–water partition coefficient (Wildman–Crippen LogP) is 4.92. The summed E-state index contributed by atoms with van der Waals surface area (Å²) in [6, 6.07) is 10.3. The molecule has 1 aromatic carbocycles. The third-order valence-electron chi connectivity index (χ3n) is 2.88. The number of halogens is 1. The van der Waals surface area contributed by atoms with Crippen LogP contribution in [-0.2, 0) is 12.2 Å². The van der Waals surface area contributed by atoms with Gasteiger partial charge in [-0.1, -0.05) is 25.5 Å². The molecule has 1 N–H and O–H groups in total. The fourth-order valence-electron chi connectivity index (χ4n) is 1.98. The quantitative estimate of drug-likeness (QED) is 0.706. The van der Waals surface area contributed by atoms with Gasteiger partial charge < -0.3 is 5.32 Å². The second kappa shape index (κ2) is 8.39. The standard InChI is InChI=1S/C16H20BrN3S/c1-3-7-12-10-15(18-4-2)20-16(19-12)11-21-14-9-6-5-8-13(14)17/h5-6,8-10H,3-4,7,11H2,1-2H3,(H,18,19,20). The van der Waals surface area contributed by atoms with Gasteiger partial charge >= 0.3 is 0 Å². The molecule has 0 aliphatic carbocycles. The maximum atomic E-state index is 4.66. The van der Waals surface area contributed by atoms with Crippen molar-refractivity contribution < 1.29 is 0 Å². The average Bonchev–Trinajstić information content (AvgIpc) is 2.47. The van der Waals surface area contributed by atoms with E-state index in [-0.39, 0.29) is 0 Å². The molecule has 0 spiro atoms. The van der Waals surface area contributed by atoms with E-state index >= 15 is 0 Å². The van der Waals surface area contributed by atoms with Crippen molar-refractivity contribution in [3.63, 3.8) is 0 Å². The van der Waals surface area contributed by atoms with Crippen molar-refractivity contribution in [2.24, 2.45) is 0 Å². The van der Waals surface area contributed by atoms with Crippen LogP contribution >= 0.6 is 27.7 Å². The molecule has 3 nitrogen and oxygen atoms in total. The summed E-state index contributed by atoms with van der Waals surface area (Å²) in [4.78, 5) is 10.5. The zero-order chi connectivity index (χ0) is 15.1. The minimum Gasteiger partial charge on any atom is -0.370 e. The maximum Gasteiger partial charge on any atom is 0.141 e. The number of nitrogens with zero attached hydrogens (tertiary/aromatic N) is 2. The van der Waals surface area contributed by atoms with Crippen LogP contribution in [0.2, 0.25) is 0 Å². The van der Waals surface area contributed by atoms with E-state index in [0.29, 0.717) is 0 Å². The van der Waals surface area contributed by atoms with Crippen LogP contribution in [0.25, 0.3) is 0 Å². The van der Waals surface area contributed by atoms with E-state index in [1.54, 1.807) is 11.8 Å². The average molecular weight is 366 g/mol. The number of benzene rings is 1. The second-order valence-electron chi connectivity index (χ2n) is 4.66. The van der Waals surface area contributed by atoms with Gasteiger partial charge in [-0.15, -0.1) is 11.8 Å². The summed E-state index contributed by atoms with van der Waals surface area (Å²) in [5.41, 5.74) is 1.12. The molecule has 0 amide bonds. The first-order valence-corrected chi connectivity index (χ1v) is 8.98. The van der Waals surface area contributed by atoms with Gasteiger partial charge in [0, 0.05) is 27.7 Å². The Morgan fingerprint density at radius 2 is 2.00 bits per heavy atom. The molecule has 1 heterocycles. The van der Waals surface area contributed by atoms with Gasteiger partial charge in [-0.3, -0.25) is 0 Å². The summed E-state index contributed by atoms with van der Waals surface area (Å²) < 4.78 is 1.12. The van der Waals surface area contributed by atoms with Crippen LogP contribution in [0.3, 0.4) is 0 Å². The number of hydrogen-bond acceptors (Lipinski definition) is 4. The number of nitrogens with one attached hydrogen (secondary N) is 1. The van der Waals surface area contributed by atoms with E-state index in [0.717, 1.165) is 46.9 Å². The lowest BCUT2D eigenvalue weighted by molar-refractivity contribution is 0.853. The number of thioether (sulfide) groups is 1. The second-order valence-corrected chi connectivity index (χ2v) is 6.53. The van der Waals surface area contributed by atoms with Crippen LogP contribution < -0.4 is 5.32 Å². The highest BCUT2D eigenvalue weighted by molar-refractivity contribution is 9.10. The molecule has 0 aliphatic rings. The van der Waals surface area contributed by atoms with Crippen molar-refractivity contribution in [3.8, 4) is 0 Å². The van der Waals surface area contributed by atoms with Crippen molar-refractivity contribution in [1.29, 1.82) is 0 Å². The Hall–Kier alpha value is -1.07. The smallest absolute Gasteiger partial charge is 0.141 e. The predicted molar refractivity (Wildman–Crippen MR) is 93.9 cm³/mol. The van der Waals surface area contributed by atoms with Gasteiger partial charge in [0.25, 0.3) is 0 Å². The molecule has 21 heavy (non-hydrogen) atoms. The van der Waals surface area contributed by atoms with Crippen molar-refractivity contribution in [2.75, 3.05) is 11.9 Å². The van der Waals surface area contributed by atoms with Gasteiger partial charge in [0.2, 0.25) is 0 Å². The molecule has 2 rings (SSSR count). The zero-order valence-electron chi connectivity index (χ0n) is 12.4. The number of rotatable bonds is 7. The first kappa shape index (κ1) is 16.3. The summed E-state index contributed by atoms with van der Waals surface area (Å²) in [7, 11) is 0. The molecule has 0 fully saturated rings. The minimum absolute atomic E-state index is 0.776. The number of anilines is 1. The Kier molecular flexibility index (Phi) is 6.51. The molecule has 0 radical (unpaired) electrons. The molecule has 0 bridgehead atoms. The summed E-state index contributed by atoms with van der Waals surface area (Å²) in [6.07, 6.45) is 2.09. The van der Waals surface area contributed by atoms with E-state index in [1.807, 2.05) is 12.1 Å². The van der Waals surface area contributed by atoms with Gasteiger partial charge in [-0.2, -0.15) is 0 Å². The molecule has 0 aliphatic heterocycles. The van der Waals surface area contributed by atoms with Crippen LogP contribution in [0, 0.1) is 0 Å². The van der Waals surface area contributed by atoms with Gasteiger partial charge in [0.15, 0.2) is 0 Å². The molecule has 2 aromatic rings. The highest BCUT2D eigenvalue weighted by Gasteiger charge is 2.06. The van der Waals surface area contributed by atoms with E-state index in [9.17, 15) is 0 Å². The molecule has 1 aromatic heterocycles. The fraction of sp³-hybridized carbons (Fsp3) is 0.375. The largest absolute Gasteiger partial charge is 0.370 e. The van der Waals surface area contributed by atoms with Crippen LogP contribution in [0.5, 0.6) is 0 Å². The Morgan fingerprint density at radius 1 is 1.19 bits per heavy atom. The Balaban J connectivity index is 2.13. The summed E-state index contributed by atoms with van der Waals surface area (Å²) in [6.45, 7) is 5.13. The SMILES string of the molecule is CCCc1cc(NCC)nc(CSc2ccccc2Br)n1. The zero-order valence-corrected chi connectivity index (χ0v) is 14.8.